The highest BCUT2D eigenvalue weighted by Crippen LogP contribution is 2.12. The monoisotopic (exact) mass is 302 g/mol. The van der Waals surface area contributed by atoms with Crippen molar-refractivity contribution < 1.29 is 9.21 Å². The van der Waals surface area contributed by atoms with Crippen molar-refractivity contribution in [3.05, 3.63) is 57.2 Å². The van der Waals surface area contributed by atoms with Crippen molar-refractivity contribution in [1.29, 1.82) is 0 Å². The molecule has 2 aromatic heterocycles. The number of benzene rings is 1. The van der Waals surface area contributed by atoms with E-state index >= 15 is 0 Å². The molecule has 0 spiro atoms. The van der Waals surface area contributed by atoms with Gasteiger partial charge in [0.1, 0.15) is 0 Å². The molecule has 21 heavy (non-hydrogen) atoms. The molecule has 0 saturated heterocycles. The Morgan fingerprint density at radius 3 is 2.90 bits per heavy atom. The molecule has 6 heteroatoms. The molecule has 5 nitrogen and oxygen atoms in total. The summed E-state index contributed by atoms with van der Waals surface area (Å²) in [6.07, 6.45) is 0. The largest absolute Gasteiger partial charge is 0.420 e. The van der Waals surface area contributed by atoms with Crippen LogP contribution < -0.4 is 11.1 Å². The van der Waals surface area contributed by atoms with Gasteiger partial charge in [0.15, 0.2) is 5.58 Å². The number of nitrogens with zero attached hydrogens (tertiary/aromatic N) is 1. The van der Waals surface area contributed by atoms with Crippen LogP contribution in [0.2, 0.25) is 0 Å². The van der Waals surface area contributed by atoms with Crippen LogP contribution >= 0.6 is 11.3 Å². The Balaban J connectivity index is 1.77. The van der Waals surface area contributed by atoms with Gasteiger partial charge in [-0.05, 0) is 30.5 Å². The lowest BCUT2D eigenvalue weighted by Crippen LogP contribution is -2.37. The fourth-order valence-corrected chi connectivity index (χ4v) is 2.84. The number of carbonyl (C=O) groups excluding carboxylic acids is 1. The van der Waals surface area contributed by atoms with Gasteiger partial charge in [-0.2, -0.15) is 0 Å². The summed E-state index contributed by atoms with van der Waals surface area (Å²) in [4.78, 5) is 24.5. The minimum absolute atomic E-state index is 0.127. The van der Waals surface area contributed by atoms with E-state index in [1.165, 1.54) is 15.9 Å². The number of hydrogen-bond donors (Lipinski definition) is 1. The van der Waals surface area contributed by atoms with E-state index in [2.05, 4.69) is 5.32 Å². The highest BCUT2D eigenvalue weighted by Gasteiger charge is 2.14. The average Bonchev–Trinajstić information content (AvgIpc) is 3.08. The van der Waals surface area contributed by atoms with Gasteiger partial charge in [0, 0.05) is 12.6 Å². The van der Waals surface area contributed by atoms with Gasteiger partial charge in [0.05, 0.1) is 10.4 Å². The molecule has 0 aliphatic heterocycles. The minimum Gasteiger partial charge on any atom is -0.408 e. The zero-order valence-electron chi connectivity index (χ0n) is 11.4. The molecular formula is C15H14N2O3S. The van der Waals surface area contributed by atoms with Crippen LogP contribution in [0.3, 0.4) is 0 Å². The third-order valence-corrected chi connectivity index (χ3v) is 4.02. The van der Waals surface area contributed by atoms with Gasteiger partial charge in [-0.1, -0.05) is 18.2 Å². The molecule has 0 aliphatic rings. The van der Waals surface area contributed by atoms with E-state index in [1.807, 2.05) is 36.6 Å². The number of aromatic nitrogens is 1. The van der Waals surface area contributed by atoms with E-state index in [1.54, 1.807) is 12.1 Å². The predicted octanol–water partition coefficient (Wildman–Crippen LogP) is 2.47. The smallest absolute Gasteiger partial charge is 0.408 e. The molecule has 3 aromatic rings. The lowest BCUT2D eigenvalue weighted by molar-refractivity contribution is 0.0940. The average molecular weight is 302 g/mol. The zero-order valence-corrected chi connectivity index (χ0v) is 12.2. The quantitative estimate of drug-likeness (QED) is 0.805. The highest BCUT2D eigenvalue weighted by atomic mass is 32.1. The first-order chi connectivity index (χ1) is 10.1. The Bertz CT molecular complexity index is 817. The Hall–Kier alpha value is -2.34. The van der Waals surface area contributed by atoms with Crippen molar-refractivity contribution in [2.75, 3.05) is 0 Å². The second-order valence-electron chi connectivity index (χ2n) is 4.80. The highest BCUT2D eigenvalue weighted by molar-refractivity contribution is 7.12. The normalized spacial score (nSPS) is 12.4. The predicted molar refractivity (Wildman–Crippen MR) is 81.7 cm³/mol. The van der Waals surface area contributed by atoms with E-state index in [0.717, 1.165) is 5.52 Å². The Labute approximate surface area is 124 Å². The first kappa shape index (κ1) is 13.6. The summed E-state index contributed by atoms with van der Waals surface area (Å²) < 4.78 is 6.71. The first-order valence-corrected chi connectivity index (χ1v) is 7.46. The molecule has 108 valence electrons. The molecular weight excluding hydrogens is 288 g/mol. The summed E-state index contributed by atoms with van der Waals surface area (Å²) in [6, 6.07) is 10.7. The van der Waals surface area contributed by atoms with E-state index < -0.39 is 5.76 Å². The standard InChI is InChI=1S/C15H14N2O3S/c1-10(16-14(18)13-7-4-8-21-13)9-17-11-5-2-3-6-12(11)20-15(17)19/h2-8,10H,9H2,1H3,(H,16,18)/t10-/m0/s1. The molecule has 1 amide bonds. The van der Waals surface area contributed by atoms with Crippen molar-refractivity contribution in [2.45, 2.75) is 19.5 Å². The molecule has 1 N–H and O–H groups in total. The van der Waals surface area contributed by atoms with Gasteiger partial charge < -0.3 is 9.73 Å². The van der Waals surface area contributed by atoms with E-state index in [-0.39, 0.29) is 11.9 Å². The number of oxazole rings is 1. The second-order valence-corrected chi connectivity index (χ2v) is 5.75. The molecule has 0 fully saturated rings. The lowest BCUT2D eigenvalue weighted by atomic mass is 10.3. The maximum Gasteiger partial charge on any atom is 0.420 e. The Morgan fingerprint density at radius 1 is 1.33 bits per heavy atom. The molecule has 1 atom stereocenters. The second kappa shape index (κ2) is 5.57. The SMILES string of the molecule is C[C@@H](Cn1c(=O)oc2ccccc21)NC(=O)c1cccs1. The Morgan fingerprint density at radius 2 is 2.14 bits per heavy atom. The summed E-state index contributed by atoms with van der Waals surface area (Å²) in [5.74, 6) is -0.535. The van der Waals surface area contributed by atoms with Gasteiger partial charge >= 0.3 is 5.76 Å². The van der Waals surface area contributed by atoms with E-state index in [4.69, 9.17) is 4.42 Å². The molecule has 0 unspecified atom stereocenters. The van der Waals surface area contributed by atoms with E-state index in [0.29, 0.717) is 17.0 Å². The summed E-state index contributed by atoms with van der Waals surface area (Å²) in [7, 11) is 0. The molecule has 2 heterocycles. The molecule has 3 rings (SSSR count). The first-order valence-electron chi connectivity index (χ1n) is 6.58. The maximum atomic E-state index is 12.0. The molecule has 1 aromatic carbocycles. The van der Waals surface area contributed by atoms with Crippen LogP contribution in [0.5, 0.6) is 0 Å². The van der Waals surface area contributed by atoms with Crippen molar-refractivity contribution in [3.63, 3.8) is 0 Å². The van der Waals surface area contributed by atoms with Crippen LogP contribution in [0.25, 0.3) is 11.1 Å². The van der Waals surface area contributed by atoms with Gasteiger partial charge in [-0.25, -0.2) is 4.79 Å². The van der Waals surface area contributed by atoms with Crippen LogP contribution in [0, 0.1) is 0 Å². The third-order valence-electron chi connectivity index (χ3n) is 3.15. The van der Waals surface area contributed by atoms with Crippen molar-refractivity contribution >= 4 is 28.3 Å². The van der Waals surface area contributed by atoms with Gasteiger partial charge in [-0.3, -0.25) is 9.36 Å². The summed E-state index contributed by atoms with van der Waals surface area (Å²) in [5, 5.41) is 4.74. The third kappa shape index (κ3) is 2.75. The number of hydrogen-bond acceptors (Lipinski definition) is 4. The number of carbonyl (C=O) groups is 1. The topological polar surface area (TPSA) is 64.2 Å². The number of fused-ring (bicyclic) bond motifs is 1. The molecule has 0 saturated carbocycles. The minimum atomic E-state index is -0.409. The number of thiophene rings is 1. The van der Waals surface area contributed by atoms with Crippen molar-refractivity contribution in [3.8, 4) is 0 Å². The summed E-state index contributed by atoms with van der Waals surface area (Å²) in [5.41, 5.74) is 1.29. The Kier molecular flexibility index (Phi) is 3.62. The molecule has 0 aliphatic carbocycles. The zero-order chi connectivity index (χ0) is 14.8. The summed E-state index contributed by atoms with van der Waals surface area (Å²) >= 11 is 1.39. The number of para-hydroxylation sites is 2. The summed E-state index contributed by atoms with van der Waals surface area (Å²) in [6.45, 7) is 2.23. The number of nitrogens with one attached hydrogen (secondary N) is 1. The van der Waals surface area contributed by atoms with Crippen LogP contribution in [0.1, 0.15) is 16.6 Å². The molecule has 0 radical (unpaired) electrons. The number of amides is 1. The lowest BCUT2D eigenvalue weighted by Gasteiger charge is -2.13. The molecule has 0 bridgehead atoms. The maximum absolute atomic E-state index is 12.0. The van der Waals surface area contributed by atoms with Crippen molar-refractivity contribution in [1.82, 2.24) is 9.88 Å². The van der Waals surface area contributed by atoms with E-state index in [9.17, 15) is 9.59 Å². The van der Waals surface area contributed by atoms with Gasteiger partial charge in [0.25, 0.3) is 5.91 Å². The van der Waals surface area contributed by atoms with Gasteiger partial charge in [0.2, 0.25) is 0 Å². The van der Waals surface area contributed by atoms with Crippen molar-refractivity contribution in [2.24, 2.45) is 0 Å². The fourth-order valence-electron chi connectivity index (χ4n) is 2.21. The van der Waals surface area contributed by atoms with Gasteiger partial charge in [-0.15, -0.1) is 11.3 Å². The number of rotatable bonds is 4. The van der Waals surface area contributed by atoms with Crippen LogP contribution in [0.4, 0.5) is 0 Å². The van der Waals surface area contributed by atoms with Crippen LogP contribution in [0.15, 0.2) is 51.0 Å². The van der Waals surface area contributed by atoms with Crippen LogP contribution in [-0.4, -0.2) is 16.5 Å². The fraction of sp³-hybridized carbons (Fsp3) is 0.200. The van der Waals surface area contributed by atoms with Crippen LogP contribution in [-0.2, 0) is 6.54 Å².